The van der Waals surface area contributed by atoms with Gasteiger partial charge in [-0.25, -0.2) is 4.98 Å². The monoisotopic (exact) mass is 274 g/mol. The Labute approximate surface area is 116 Å². The molecule has 7 heteroatoms. The van der Waals surface area contributed by atoms with Crippen molar-refractivity contribution in [2.24, 2.45) is 5.92 Å². The van der Waals surface area contributed by atoms with Crippen LogP contribution in [0.3, 0.4) is 0 Å². The second kappa shape index (κ2) is 4.59. The molecule has 2 atom stereocenters. The van der Waals surface area contributed by atoms with E-state index in [1.165, 1.54) is 12.8 Å². The summed E-state index contributed by atoms with van der Waals surface area (Å²) in [6.45, 7) is 0.828. The van der Waals surface area contributed by atoms with Crippen molar-refractivity contribution >= 4 is 22.9 Å². The summed E-state index contributed by atoms with van der Waals surface area (Å²) >= 11 is 0. The Bertz CT molecular complexity index is 622. The molecule has 2 unspecified atom stereocenters. The fourth-order valence-corrected chi connectivity index (χ4v) is 2.88. The van der Waals surface area contributed by atoms with Gasteiger partial charge in [0.15, 0.2) is 11.5 Å². The van der Waals surface area contributed by atoms with Gasteiger partial charge in [-0.3, -0.25) is 0 Å². The first-order valence-corrected chi connectivity index (χ1v) is 7.12. The molecule has 0 bridgehead atoms. The van der Waals surface area contributed by atoms with E-state index in [4.69, 9.17) is 4.74 Å². The molecule has 1 aliphatic heterocycles. The lowest BCUT2D eigenvalue weighted by Gasteiger charge is -2.20. The summed E-state index contributed by atoms with van der Waals surface area (Å²) in [5.41, 5.74) is 1.53. The minimum atomic E-state index is 0.320. The topological polar surface area (TPSA) is 87.8 Å². The second-order valence-corrected chi connectivity index (χ2v) is 5.46. The Hall–Kier alpha value is -1.89. The maximum Gasteiger partial charge on any atom is 0.226 e. The third kappa shape index (κ3) is 1.98. The van der Waals surface area contributed by atoms with Crippen LogP contribution in [-0.4, -0.2) is 45.7 Å². The van der Waals surface area contributed by atoms with Gasteiger partial charge in [0, 0.05) is 13.7 Å². The van der Waals surface area contributed by atoms with Gasteiger partial charge in [0.2, 0.25) is 5.95 Å². The van der Waals surface area contributed by atoms with E-state index in [0.717, 1.165) is 30.3 Å². The maximum absolute atomic E-state index is 5.86. The number of ether oxygens (including phenoxy) is 1. The predicted molar refractivity (Wildman–Crippen MR) is 75.7 cm³/mol. The molecule has 0 radical (unpaired) electrons. The maximum atomic E-state index is 5.86. The molecule has 3 heterocycles. The van der Waals surface area contributed by atoms with E-state index in [1.54, 1.807) is 6.33 Å². The Morgan fingerprint density at radius 3 is 3.00 bits per heavy atom. The van der Waals surface area contributed by atoms with Crippen LogP contribution in [0.15, 0.2) is 6.33 Å². The van der Waals surface area contributed by atoms with Crippen LogP contribution in [0.1, 0.15) is 19.3 Å². The van der Waals surface area contributed by atoms with Crippen LogP contribution in [0.2, 0.25) is 0 Å². The van der Waals surface area contributed by atoms with E-state index in [1.807, 2.05) is 7.05 Å². The number of aromatic amines is 1. The number of hydrogen-bond donors (Lipinski definition) is 3. The Morgan fingerprint density at radius 2 is 2.20 bits per heavy atom. The number of nitrogens with one attached hydrogen (secondary N) is 3. The molecule has 20 heavy (non-hydrogen) atoms. The van der Waals surface area contributed by atoms with Gasteiger partial charge in [-0.1, -0.05) is 0 Å². The SMILES string of the molecule is CNc1nc(NC2CCOC2C2CC2)c2[nH]cnc2n1. The molecule has 1 saturated carbocycles. The molecule has 0 amide bonds. The molecule has 2 aromatic rings. The van der Waals surface area contributed by atoms with Crippen LogP contribution in [-0.2, 0) is 4.74 Å². The molecular formula is C13H18N6O. The van der Waals surface area contributed by atoms with E-state index in [-0.39, 0.29) is 0 Å². The second-order valence-electron chi connectivity index (χ2n) is 5.46. The fourth-order valence-electron chi connectivity index (χ4n) is 2.88. The van der Waals surface area contributed by atoms with E-state index >= 15 is 0 Å². The summed E-state index contributed by atoms with van der Waals surface area (Å²) in [7, 11) is 1.81. The van der Waals surface area contributed by atoms with Gasteiger partial charge in [-0.2, -0.15) is 9.97 Å². The van der Waals surface area contributed by atoms with Crippen molar-refractivity contribution in [3.63, 3.8) is 0 Å². The number of hydrogen-bond acceptors (Lipinski definition) is 6. The van der Waals surface area contributed by atoms with Gasteiger partial charge in [0.05, 0.1) is 18.5 Å². The summed E-state index contributed by atoms with van der Waals surface area (Å²) in [6, 6.07) is 0.327. The number of anilines is 2. The highest BCUT2D eigenvalue weighted by atomic mass is 16.5. The lowest BCUT2D eigenvalue weighted by molar-refractivity contribution is 0.0898. The van der Waals surface area contributed by atoms with Crippen molar-refractivity contribution in [2.45, 2.75) is 31.4 Å². The van der Waals surface area contributed by atoms with Gasteiger partial charge in [0.1, 0.15) is 5.52 Å². The largest absolute Gasteiger partial charge is 0.376 e. The zero-order chi connectivity index (χ0) is 13.5. The molecule has 0 aromatic carbocycles. The van der Waals surface area contributed by atoms with Crippen LogP contribution in [0.25, 0.3) is 11.2 Å². The van der Waals surface area contributed by atoms with Crippen molar-refractivity contribution in [3.8, 4) is 0 Å². The highest BCUT2D eigenvalue weighted by molar-refractivity contribution is 5.83. The van der Waals surface area contributed by atoms with Gasteiger partial charge in [0.25, 0.3) is 0 Å². The summed E-state index contributed by atoms with van der Waals surface area (Å²) < 4.78 is 5.86. The fraction of sp³-hybridized carbons (Fsp3) is 0.615. The van der Waals surface area contributed by atoms with Crippen molar-refractivity contribution in [1.82, 2.24) is 19.9 Å². The van der Waals surface area contributed by atoms with Crippen LogP contribution in [0.5, 0.6) is 0 Å². The van der Waals surface area contributed by atoms with Crippen molar-refractivity contribution in [2.75, 3.05) is 24.3 Å². The van der Waals surface area contributed by atoms with Gasteiger partial charge >= 0.3 is 0 Å². The highest BCUT2D eigenvalue weighted by Gasteiger charge is 2.40. The molecule has 1 saturated heterocycles. The molecule has 7 nitrogen and oxygen atoms in total. The van der Waals surface area contributed by atoms with Crippen LogP contribution in [0.4, 0.5) is 11.8 Å². The zero-order valence-electron chi connectivity index (χ0n) is 11.4. The first-order chi connectivity index (χ1) is 9.85. The van der Waals surface area contributed by atoms with Gasteiger partial charge in [-0.15, -0.1) is 0 Å². The molecule has 1 aliphatic carbocycles. The van der Waals surface area contributed by atoms with Crippen LogP contribution >= 0.6 is 0 Å². The van der Waals surface area contributed by atoms with E-state index in [2.05, 4.69) is 30.6 Å². The van der Waals surface area contributed by atoms with Crippen molar-refractivity contribution in [1.29, 1.82) is 0 Å². The van der Waals surface area contributed by atoms with Crippen molar-refractivity contribution in [3.05, 3.63) is 6.33 Å². The first-order valence-electron chi connectivity index (χ1n) is 7.12. The highest BCUT2D eigenvalue weighted by Crippen LogP contribution is 2.39. The summed E-state index contributed by atoms with van der Waals surface area (Å²) in [6.07, 6.45) is 5.56. The quantitative estimate of drug-likeness (QED) is 0.780. The molecule has 2 aliphatic rings. The average Bonchev–Trinajstić information content (AvgIpc) is 3.01. The predicted octanol–water partition coefficient (Wildman–Crippen LogP) is 1.37. The number of rotatable bonds is 4. The minimum Gasteiger partial charge on any atom is -0.376 e. The van der Waals surface area contributed by atoms with Crippen LogP contribution < -0.4 is 10.6 Å². The molecule has 0 spiro atoms. The molecular weight excluding hydrogens is 256 g/mol. The van der Waals surface area contributed by atoms with Gasteiger partial charge in [-0.05, 0) is 25.2 Å². The number of nitrogens with zero attached hydrogens (tertiary/aromatic N) is 3. The first kappa shape index (κ1) is 11.9. The molecule has 2 fully saturated rings. The number of imidazole rings is 1. The number of H-pyrrole nitrogens is 1. The normalized spacial score (nSPS) is 26.1. The summed E-state index contributed by atoms with van der Waals surface area (Å²) in [5.74, 6) is 2.10. The lowest BCUT2D eigenvalue weighted by Crippen LogP contribution is -2.31. The lowest BCUT2D eigenvalue weighted by atomic mass is 10.1. The Kier molecular flexibility index (Phi) is 2.73. The molecule has 4 rings (SSSR count). The molecule has 3 N–H and O–H groups in total. The minimum absolute atomic E-state index is 0.320. The standard InChI is InChI=1S/C13H18N6O/c1-14-13-18-11-9(15-6-16-11)12(19-13)17-8-4-5-20-10(8)7-2-3-7/h6-8,10H,2-5H2,1H3,(H3,14,15,16,17,18,19). The number of fused-ring (bicyclic) bond motifs is 1. The Morgan fingerprint density at radius 1 is 1.30 bits per heavy atom. The number of aromatic nitrogens is 4. The van der Waals surface area contributed by atoms with E-state index in [0.29, 0.717) is 23.7 Å². The molecule has 106 valence electrons. The third-order valence-electron chi connectivity index (χ3n) is 4.05. The average molecular weight is 274 g/mol. The van der Waals surface area contributed by atoms with Crippen LogP contribution in [0, 0.1) is 5.92 Å². The summed E-state index contributed by atoms with van der Waals surface area (Å²) in [4.78, 5) is 16.1. The summed E-state index contributed by atoms with van der Waals surface area (Å²) in [5, 5.41) is 6.50. The third-order valence-corrected chi connectivity index (χ3v) is 4.05. The zero-order valence-corrected chi connectivity index (χ0v) is 11.4. The van der Waals surface area contributed by atoms with Gasteiger partial charge < -0.3 is 20.4 Å². The smallest absolute Gasteiger partial charge is 0.226 e. The van der Waals surface area contributed by atoms with E-state index < -0.39 is 0 Å². The van der Waals surface area contributed by atoms with E-state index in [9.17, 15) is 0 Å². The van der Waals surface area contributed by atoms with Crippen molar-refractivity contribution < 1.29 is 4.74 Å². The molecule has 2 aromatic heterocycles. The Balaban J connectivity index is 1.65.